The number of rotatable bonds is 8. The third-order valence-corrected chi connectivity index (χ3v) is 6.91. The van der Waals surface area contributed by atoms with Gasteiger partial charge in [-0.25, -0.2) is 4.98 Å². The van der Waals surface area contributed by atoms with Gasteiger partial charge in [0.25, 0.3) is 0 Å². The Hall–Kier alpha value is -2.90. The van der Waals surface area contributed by atoms with Crippen molar-refractivity contribution in [3.8, 4) is 0 Å². The monoisotopic (exact) mass is 447 g/mol. The first-order valence-corrected chi connectivity index (χ1v) is 11.9. The molecule has 3 heterocycles. The Kier molecular flexibility index (Phi) is 7.00. The van der Waals surface area contributed by atoms with Crippen molar-refractivity contribution < 1.29 is 0 Å². The molecule has 3 aromatic rings. The molecule has 0 saturated carbocycles. The number of likely N-dealkylation sites (tertiary alicyclic amines) is 1. The van der Waals surface area contributed by atoms with Crippen molar-refractivity contribution in [3.05, 3.63) is 60.1 Å². The number of anilines is 2. The fraction of sp³-hybridized carbons (Fsp3) is 0.462. The Morgan fingerprint density at radius 3 is 2.85 bits per heavy atom. The van der Waals surface area contributed by atoms with E-state index in [0.29, 0.717) is 17.8 Å². The van der Waals surface area contributed by atoms with Gasteiger partial charge in [-0.2, -0.15) is 5.10 Å². The molecule has 4 N–H and O–H groups in total. The summed E-state index contributed by atoms with van der Waals surface area (Å²) in [6.07, 6.45) is 6.13. The van der Waals surface area contributed by atoms with Gasteiger partial charge in [-0.15, -0.1) is 0 Å². The molecule has 3 atom stereocenters. The van der Waals surface area contributed by atoms with Gasteiger partial charge in [0.15, 0.2) is 0 Å². The topological polar surface area (TPSA) is 84.0 Å². The first kappa shape index (κ1) is 23.3. The van der Waals surface area contributed by atoms with Gasteiger partial charge in [0.2, 0.25) is 0 Å². The molecule has 4 rings (SSSR count). The molecule has 33 heavy (non-hydrogen) atoms. The summed E-state index contributed by atoms with van der Waals surface area (Å²) >= 11 is 0. The van der Waals surface area contributed by atoms with Crippen LogP contribution >= 0.6 is 0 Å². The summed E-state index contributed by atoms with van der Waals surface area (Å²) in [5.74, 6) is 1.22. The largest absolute Gasteiger partial charge is 0.383 e. The lowest BCUT2D eigenvalue weighted by molar-refractivity contribution is 0.0891. The maximum atomic E-state index is 5.88. The van der Waals surface area contributed by atoms with Gasteiger partial charge in [-0.05, 0) is 69.0 Å². The van der Waals surface area contributed by atoms with E-state index < -0.39 is 0 Å². The number of nitrogen functional groups attached to an aromatic ring is 1. The molecular weight excluding hydrogens is 410 g/mol. The standard InChI is InChI=1S/C26H37N7/c1-17-6-8-24(21-7-9-25-22(13-21)14-30-33(25)11-10-28-5)32(16-17)20(4)19(3)31-23-12-18(2)26(27)29-15-23/h7,9,12-15,17,20,24,28,31H,3,6,8,10-11,16H2,1-2,4-5H3,(H2,27,29)/t17-,20?,24?/m1/s1. The van der Waals surface area contributed by atoms with Crippen LogP contribution in [0.1, 0.15) is 43.9 Å². The minimum atomic E-state index is 0.171. The maximum absolute atomic E-state index is 5.88. The summed E-state index contributed by atoms with van der Waals surface area (Å²) in [6, 6.07) is 9.38. The van der Waals surface area contributed by atoms with E-state index in [1.165, 1.54) is 22.9 Å². The van der Waals surface area contributed by atoms with Gasteiger partial charge in [0.1, 0.15) is 5.82 Å². The molecule has 7 heteroatoms. The molecule has 1 aliphatic rings. The highest BCUT2D eigenvalue weighted by Crippen LogP contribution is 2.37. The number of benzene rings is 1. The number of aromatic nitrogens is 3. The minimum absolute atomic E-state index is 0.171. The maximum Gasteiger partial charge on any atom is 0.126 e. The number of likely N-dealkylation sites (N-methyl/N-ethyl adjacent to an activating group) is 1. The molecule has 7 nitrogen and oxygen atoms in total. The summed E-state index contributed by atoms with van der Waals surface area (Å²) < 4.78 is 2.08. The molecule has 2 unspecified atom stereocenters. The van der Waals surface area contributed by atoms with Crippen molar-refractivity contribution >= 4 is 22.4 Å². The smallest absolute Gasteiger partial charge is 0.126 e. The van der Waals surface area contributed by atoms with Crippen molar-refractivity contribution in [2.75, 3.05) is 31.2 Å². The molecule has 0 aliphatic carbocycles. The molecule has 1 aliphatic heterocycles. The Morgan fingerprint density at radius 1 is 1.27 bits per heavy atom. The zero-order valence-corrected chi connectivity index (χ0v) is 20.3. The molecule has 176 valence electrons. The van der Waals surface area contributed by atoms with Crippen LogP contribution in [0.2, 0.25) is 0 Å². The molecular formula is C26H37N7. The second-order valence-electron chi connectivity index (χ2n) is 9.44. The molecule has 2 aromatic heterocycles. The lowest BCUT2D eigenvalue weighted by Gasteiger charge is -2.43. The molecule has 0 amide bonds. The fourth-order valence-electron chi connectivity index (χ4n) is 4.83. The van der Waals surface area contributed by atoms with Gasteiger partial charge in [-0.3, -0.25) is 9.58 Å². The van der Waals surface area contributed by atoms with E-state index in [2.05, 4.69) is 68.9 Å². The van der Waals surface area contributed by atoms with Crippen LogP contribution in [0.3, 0.4) is 0 Å². The highest BCUT2D eigenvalue weighted by atomic mass is 15.3. The first-order chi connectivity index (χ1) is 15.9. The first-order valence-electron chi connectivity index (χ1n) is 11.9. The van der Waals surface area contributed by atoms with Gasteiger partial charge in [0, 0.05) is 36.3 Å². The van der Waals surface area contributed by atoms with E-state index in [-0.39, 0.29) is 6.04 Å². The van der Waals surface area contributed by atoms with Crippen LogP contribution in [0.5, 0.6) is 0 Å². The van der Waals surface area contributed by atoms with E-state index in [0.717, 1.165) is 43.0 Å². The highest BCUT2D eigenvalue weighted by molar-refractivity contribution is 5.79. The van der Waals surface area contributed by atoms with Crippen LogP contribution in [-0.4, -0.2) is 45.8 Å². The number of pyridine rings is 1. The number of piperidine rings is 1. The normalized spacial score (nSPS) is 20.1. The zero-order valence-electron chi connectivity index (χ0n) is 20.3. The predicted molar refractivity (Wildman–Crippen MR) is 137 cm³/mol. The Bertz CT molecular complexity index is 1120. The minimum Gasteiger partial charge on any atom is -0.383 e. The number of nitrogens with two attached hydrogens (primary N) is 1. The van der Waals surface area contributed by atoms with Gasteiger partial charge in [-0.1, -0.05) is 19.6 Å². The number of nitrogens with zero attached hydrogens (tertiary/aromatic N) is 4. The quantitative estimate of drug-likeness (QED) is 0.477. The van der Waals surface area contributed by atoms with Crippen LogP contribution in [0.15, 0.2) is 48.9 Å². The highest BCUT2D eigenvalue weighted by Gasteiger charge is 2.32. The number of hydrogen-bond donors (Lipinski definition) is 3. The molecule has 0 bridgehead atoms. The second-order valence-corrected chi connectivity index (χ2v) is 9.44. The molecule has 0 radical (unpaired) electrons. The van der Waals surface area contributed by atoms with Gasteiger partial charge < -0.3 is 16.4 Å². The van der Waals surface area contributed by atoms with Crippen molar-refractivity contribution in [1.82, 2.24) is 25.0 Å². The Labute approximate surface area is 197 Å². The Morgan fingerprint density at radius 2 is 2.09 bits per heavy atom. The van der Waals surface area contributed by atoms with E-state index in [9.17, 15) is 0 Å². The van der Waals surface area contributed by atoms with Crippen LogP contribution in [0, 0.1) is 12.8 Å². The summed E-state index contributed by atoms with van der Waals surface area (Å²) in [5.41, 5.74) is 11.3. The lowest BCUT2D eigenvalue weighted by atomic mass is 9.88. The molecule has 1 aromatic carbocycles. The van der Waals surface area contributed by atoms with Crippen molar-refractivity contribution in [3.63, 3.8) is 0 Å². The van der Waals surface area contributed by atoms with Crippen LogP contribution < -0.4 is 16.4 Å². The predicted octanol–water partition coefficient (Wildman–Crippen LogP) is 4.33. The lowest BCUT2D eigenvalue weighted by Crippen LogP contribution is -2.44. The number of fused-ring (bicyclic) bond motifs is 1. The van der Waals surface area contributed by atoms with Gasteiger partial charge in [0.05, 0.1) is 30.1 Å². The Balaban J connectivity index is 1.55. The van der Waals surface area contributed by atoms with E-state index in [1.807, 2.05) is 26.2 Å². The molecule has 1 saturated heterocycles. The van der Waals surface area contributed by atoms with Crippen molar-refractivity contribution in [2.24, 2.45) is 5.92 Å². The number of hydrogen-bond acceptors (Lipinski definition) is 6. The fourth-order valence-corrected chi connectivity index (χ4v) is 4.83. The number of aryl methyl sites for hydroxylation is 1. The van der Waals surface area contributed by atoms with E-state index in [4.69, 9.17) is 5.73 Å². The average molecular weight is 448 g/mol. The van der Waals surface area contributed by atoms with E-state index in [1.54, 1.807) is 6.20 Å². The van der Waals surface area contributed by atoms with Crippen molar-refractivity contribution in [1.29, 1.82) is 0 Å². The SMILES string of the molecule is C=C(Nc1cnc(N)c(C)c1)C(C)N1C[C@H](C)CCC1c1ccc2c(cnn2CCNC)c1. The number of nitrogens with one attached hydrogen (secondary N) is 2. The van der Waals surface area contributed by atoms with E-state index >= 15 is 0 Å². The summed E-state index contributed by atoms with van der Waals surface area (Å²) in [4.78, 5) is 6.87. The molecule has 0 spiro atoms. The van der Waals surface area contributed by atoms with Crippen LogP contribution in [0.4, 0.5) is 11.5 Å². The second kappa shape index (κ2) is 9.93. The third-order valence-electron chi connectivity index (χ3n) is 6.91. The van der Waals surface area contributed by atoms with Gasteiger partial charge >= 0.3 is 0 Å². The third kappa shape index (κ3) is 5.04. The summed E-state index contributed by atoms with van der Waals surface area (Å²) in [6.45, 7) is 13.8. The summed E-state index contributed by atoms with van der Waals surface area (Å²) in [7, 11) is 1.97. The average Bonchev–Trinajstić information content (AvgIpc) is 3.21. The van der Waals surface area contributed by atoms with Crippen molar-refractivity contribution in [2.45, 2.75) is 52.2 Å². The summed E-state index contributed by atoms with van der Waals surface area (Å²) in [5, 5.41) is 12.5. The van der Waals surface area contributed by atoms with Crippen LogP contribution in [-0.2, 0) is 6.54 Å². The zero-order chi connectivity index (χ0) is 23.5. The molecule has 1 fully saturated rings. The van der Waals surface area contributed by atoms with Crippen LogP contribution in [0.25, 0.3) is 10.9 Å².